The lowest BCUT2D eigenvalue weighted by Crippen LogP contribution is -2.40. The number of rotatable bonds is 4. The predicted octanol–water partition coefficient (Wildman–Crippen LogP) is 16.3. The Bertz CT molecular complexity index is 5390. The van der Waals surface area contributed by atoms with Crippen LogP contribution in [0.5, 0.6) is 0 Å². The summed E-state index contributed by atoms with van der Waals surface area (Å²) in [7, 11) is 2.45. The molecule has 0 bridgehead atoms. The van der Waals surface area contributed by atoms with E-state index in [2.05, 4.69) is 4.98 Å². The molecule has 1 saturated heterocycles. The average Bonchev–Trinajstić information content (AvgIpc) is 1.45. The summed E-state index contributed by atoms with van der Waals surface area (Å²) in [5.41, 5.74) is -27.2. The van der Waals surface area contributed by atoms with Gasteiger partial charge in [-0.25, -0.2) is 122 Å². The Hall–Kier alpha value is -9.08. The molecular formula is C55H8BF24N5P. The minimum absolute atomic E-state index is 0.273. The van der Waals surface area contributed by atoms with Crippen molar-refractivity contribution in [1.82, 2.24) is 22.8 Å². The minimum atomic E-state index is -5.33. The van der Waals surface area contributed by atoms with Gasteiger partial charge in [0.05, 0.1) is 94.4 Å². The van der Waals surface area contributed by atoms with Crippen LogP contribution in [0.4, 0.5) is 105 Å². The molecule has 5 nitrogen and oxygen atoms in total. The second kappa shape index (κ2) is 16.1. The lowest BCUT2D eigenvalue weighted by Gasteiger charge is -2.53. The van der Waals surface area contributed by atoms with Gasteiger partial charge in [0.2, 0.25) is 23.3 Å². The standard InChI is InChI=1S/C55H8BF24N5P/c56-86-55-23-24-51-17-12-6-4-10(85(12)86)13(18-25(57)34(66)43(75)35(67)26(18)58)9-3-5-11(84(9)86)15(20-29(61)38(70)45(77)39(71)30(20)62)50(55)81-49(23)14(19-27(59)36(68)44(76)37(69)28(19)60)7-1-2-8-16(21-31(63)40(72)46(78)41(73)32(21)64)53(54(24)82(7)8)83(51)52-22(17)33(65)42(74)47(79)48(52)80/h1-2,4,6H,3,5H2. The van der Waals surface area contributed by atoms with Crippen molar-refractivity contribution in [3.8, 4) is 33.5 Å². The largest absolute Gasteiger partial charge is 0.306 e. The van der Waals surface area contributed by atoms with Crippen LogP contribution >= 0.6 is 7.44 Å². The van der Waals surface area contributed by atoms with Gasteiger partial charge in [-0.3, -0.25) is 4.67 Å². The minimum Gasteiger partial charge on any atom is -0.306 e. The normalized spacial score (nSPS) is 16.3. The summed E-state index contributed by atoms with van der Waals surface area (Å²) in [6.45, 7) is 0. The quantitative estimate of drug-likeness (QED) is 0.0578. The van der Waals surface area contributed by atoms with Crippen molar-refractivity contribution in [3.05, 3.63) is 198 Å². The number of fused-ring (bicyclic) bond motifs is 5. The molecule has 0 spiro atoms. The number of hydrogen-bond donors (Lipinski definition) is 0. The molecule has 0 amide bonds. The zero-order valence-corrected chi connectivity index (χ0v) is 41.4. The van der Waals surface area contributed by atoms with Gasteiger partial charge in [0.15, 0.2) is 116 Å². The van der Waals surface area contributed by atoms with E-state index in [-0.39, 0.29) is 4.40 Å². The molecule has 31 heteroatoms. The van der Waals surface area contributed by atoms with Crippen LogP contribution in [0.15, 0.2) is 35.7 Å². The number of benzene rings is 5. The fourth-order valence-corrected chi connectivity index (χ4v) is 17.0. The van der Waals surface area contributed by atoms with Crippen molar-refractivity contribution in [3.63, 3.8) is 0 Å². The van der Waals surface area contributed by atoms with Crippen LogP contribution in [0.1, 0.15) is 35.4 Å². The molecule has 0 aliphatic carbocycles. The van der Waals surface area contributed by atoms with Crippen LogP contribution in [0.25, 0.3) is 99.4 Å². The van der Waals surface area contributed by atoms with Gasteiger partial charge < -0.3 is 8.80 Å². The third-order valence-corrected chi connectivity index (χ3v) is 19.7. The maximum atomic E-state index is 17.4. The molecule has 429 valence electrons. The highest BCUT2D eigenvalue weighted by Crippen LogP contribution is 2.76. The number of allylic oxidation sites excluding steroid dienone is 2. The fraction of sp³-hybridized carbons (Fsp3) is 0.0364. The third kappa shape index (κ3) is 5.38. The highest BCUT2D eigenvalue weighted by atomic mass is 31.2. The van der Waals surface area contributed by atoms with Crippen molar-refractivity contribution < 1.29 is 105 Å². The zero-order chi connectivity index (χ0) is 61.0. The summed E-state index contributed by atoms with van der Waals surface area (Å²) >= 11 is 0. The van der Waals surface area contributed by atoms with Crippen molar-refractivity contribution in [1.29, 1.82) is 0 Å². The summed E-state index contributed by atoms with van der Waals surface area (Å²) in [6, 6.07) is 2.78. The summed E-state index contributed by atoms with van der Waals surface area (Å²) in [4.78, 5) is 4.46. The Labute approximate surface area is 457 Å². The summed E-state index contributed by atoms with van der Waals surface area (Å²) < 4.78 is 389. The first-order valence-electron chi connectivity index (χ1n) is 24.1. The topological polar surface area (TPSA) is 29.9 Å². The molecule has 0 saturated carbocycles. The van der Waals surface area contributed by atoms with E-state index >= 15 is 96.6 Å². The monoisotopic (exact) mass is 1240 g/mol. The van der Waals surface area contributed by atoms with Crippen LogP contribution < -0.4 is 5.30 Å². The van der Waals surface area contributed by atoms with E-state index in [1.807, 2.05) is 0 Å². The van der Waals surface area contributed by atoms with Gasteiger partial charge in [0, 0.05) is 33.2 Å². The Morgan fingerprint density at radius 1 is 0.326 bits per heavy atom. The van der Waals surface area contributed by atoms with Crippen molar-refractivity contribution in [2.24, 2.45) is 0 Å². The molecule has 0 N–H and O–H groups in total. The Kier molecular flexibility index (Phi) is 9.80. The van der Waals surface area contributed by atoms with E-state index in [0.29, 0.717) is 25.5 Å². The Morgan fingerprint density at radius 3 is 1.22 bits per heavy atom. The molecule has 1 unspecified atom stereocenters. The molecule has 1 fully saturated rings. The molecular weight excluding hydrogens is 1230 g/mol. The van der Waals surface area contributed by atoms with Crippen molar-refractivity contribution in [2.45, 2.75) is 12.8 Å². The molecule has 16 rings (SSSR count). The molecule has 3 radical (unpaired) electrons. The smallest absolute Gasteiger partial charge is 0.200 e. The van der Waals surface area contributed by atoms with Crippen molar-refractivity contribution >= 4 is 86.2 Å². The first-order chi connectivity index (χ1) is 40.7. The van der Waals surface area contributed by atoms with Crippen LogP contribution in [0.3, 0.4) is 0 Å². The van der Waals surface area contributed by atoms with E-state index in [0.717, 1.165) is 12.1 Å². The van der Waals surface area contributed by atoms with Crippen LogP contribution in [-0.2, 0) is 0 Å². The maximum absolute atomic E-state index is 17.4. The molecule has 4 aliphatic rings. The molecule has 4 aliphatic heterocycles. The van der Waals surface area contributed by atoms with Gasteiger partial charge in [0.25, 0.3) is 0 Å². The van der Waals surface area contributed by atoms with Gasteiger partial charge in [-0.05, 0) is 44.5 Å². The highest BCUT2D eigenvalue weighted by Gasteiger charge is 2.58. The Balaban J connectivity index is 1.28. The third-order valence-electron chi connectivity index (χ3n) is 16.4. The average molecular weight is 1240 g/mol. The Morgan fingerprint density at radius 2 is 0.721 bits per heavy atom. The van der Waals surface area contributed by atoms with E-state index < -0.39 is 299 Å². The molecule has 7 aromatic heterocycles. The summed E-state index contributed by atoms with van der Waals surface area (Å²) in [5.74, 6) is -65.0. The van der Waals surface area contributed by atoms with E-state index in [9.17, 15) is 8.78 Å². The van der Waals surface area contributed by atoms with Crippen LogP contribution in [-0.4, -0.2) is 30.4 Å². The van der Waals surface area contributed by atoms with Crippen LogP contribution in [0, 0.1) is 140 Å². The van der Waals surface area contributed by atoms with E-state index in [4.69, 9.17) is 7.57 Å². The molecule has 12 aromatic rings. The maximum Gasteiger partial charge on any atom is 0.200 e. The lowest BCUT2D eigenvalue weighted by molar-refractivity contribution is 0.376. The van der Waals surface area contributed by atoms with Gasteiger partial charge in [0.1, 0.15) is 11.0 Å². The van der Waals surface area contributed by atoms with Crippen LogP contribution in [0.2, 0.25) is 0 Å². The zero-order valence-electron chi connectivity index (χ0n) is 40.6. The summed E-state index contributed by atoms with van der Waals surface area (Å²) in [5, 5.41) is -4.59. The fourth-order valence-electron chi connectivity index (χ4n) is 13.3. The number of halogens is 24. The summed E-state index contributed by atoms with van der Waals surface area (Å²) in [6.07, 6.45) is -1.80. The van der Waals surface area contributed by atoms with Gasteiger partial charge in [-0.15, -0.1) is 0 Å². The molecule has 1 atom stereocenters. The second-order valence-corrected chi connectivity index (χ2v) is 22.7. The second-order valence-electron chi connectivity index (χ2n) is 20.1. The van der Waals surface area contributed by atoms with Gasteiger partial charge in [-0.2, -0.15) is 0 Å². The molecule has 11 heterocycles. The number of hydrogen-bond acceptors (Lipinski definition) is 2. The van der Waals surface area contributed by atoms with E-state index in [1.54, 1.807) is 0 Å². The van der Waals surface area contributed by atoms with Crippen molar-refractivity contribution in [2.75, 3.05) is 0 Å². The number of nitrogens with zero attached hydrogens (tertiary/aromatic N) is 5. The van der Waals surface area contributed by atoms with Gasteiger partial charge >= 0.3 is 0 Å². The number of aromatic nitrogens is 4. The first-order valence-corrected chi connectivity index (χ1v) is 25.9. The lowest BCUT2D eigenvalue weighted by atomic mass is 9.96. The van der Waals surface area contributed by atoms with Gasteiger partial charge in [-0.1, -0.05) is 0 Å². The highest BCUT2D eigenvalue weighted by molar-refractivity contribution is 8.01. The molecule has 86 heavy (non-hydrogen) atoms. The SMILES string of the molecule is [B-][P+]12c3c4nc5c(-c6c(F)c(F)c(F)c(F)c6F)c6ccc7c(-c8c(F)c(F)c(F)c(F)c8F)c8c(c(c35)c3c(c5c(F)c(F)c(F)c(F)c5n38)-c3ccc(n31)C(c1c(F)c(F)c(F)c(F)c1F)=C1CCC(=C4c3c(F)c(F)c(F)c(F)c3F)N12)n67. The first kappa shape index (κ1) is 52.5. The molecule has 5 aromatic carbocycles. The van der Waals surface area contributed by atoms with E-state index in [1.165, 1.54) is 0 Å². The predicted molar refractivity (Wildman–Crippen MR) is 256 cm³/mol.